The molecule has 0 bridgehead atoms. The molecule has 0 aliphatic rings. The first kappa shape index (κ1) is 40.2. The summed E-state index contributed by atoms with van der Waals surface area (Å²) in [5.41, 5.74) is 15.9. The van der Waals surface area contributed by atoms with Crippen LogP contribution in [-0.4, -0.2) is 0 Å². The van der Waals surface area contributed by atoms with Crippen LogP contribution in [0.3, 0.4) is 0 Å². The summed E-state index contributed by atoms with van der Waals surface area (Å²) in [6.45, 7) is 0. The Hall–Kier alpha value is -8.91. The molecule has 0 aliphatic carbocycles. The molecule has 0 atom stereocenters. The Labute approximate surface area is 381 Å². The molecular formula is C61H44N4. The Morgan fingerprint density at radius 3 is 0.677 bits per heavy atom. The van der Waals surface area contributed by atoms with Crippen LogP contribution in [0.2, 0.25) is 0 Å². The second kappa shape index (κ2) is 18.6. The lowest BCUT2D eigenvalue weighted by Gasteiger charge is -2.26. The molecule has 10 aromatic rings. The lowest BCUT2D eigenvalue weighted by atomic mass is 9.88. The fraction of sp³-hybridized carbons (Fsp3) is 0. The van der Waals surface area contributed by atoms with Crippen molar-refractivity contribution in [1.82, 2.24) is 0 Å². The van der Waals surface area contributed by atoms with Crippen molar-refractivity contribution in [3.63, 3.8) is 0 Å². The smallest absolute Gasteiger partial charge is 0.100 e. The Balaban J connectivity index is 1.09. The predicted molar refractivity (Wildman–Crippen MR) is 272 cm³/mol. The second-order valence-corrected chi connectivity index (χ2v) is 15.7. The van der Waals surface area contributed by atoms with Crippen molar-refractivity contribution in [2.24, 2.45) is 0 Å². The standard InChI is InChI=1S/C61H44N4/c62-45-61-59(47-33-39-57(40-34-47)64(52-23-11-3-12-24-52)53-25-13-4-14-26-53)43-49(46-31-37-56(38-32-46)63(50-19-7-1-8-20-50)51-21-9-2-10-22-51)44-60(61)48-35-41-58(42-36-48)65(54-27-15-5-16-28-54)55-29-17-6-18-30-55/h1-44H. The second-order valence-electron chi connectivity index (χ2n) is 15.7. The van der Waals surface area contributed by atoms with Gasteiger partial charge in [0.05, 0.1) is 5.56 Å². The monoisotopic (exact) mass is 832 g/mol. The number of anilines is 9. The lowest BCUT2D eigenvalue weighted by molar-refractivity contribution is 1.28. The maximum absolute atomic E-state index is 11.1. The molecule has 0 N–H and O–H groups in total. The molecular weight excluding hydrogens is 789 g/mol. The Bertz CT molecular complexity index is 2890. The van der Waals surface area contributed by atoms with Crippen LogP contribution in [0.25, 0.3) is 33.4 Å². The zero-order valence-electron chi connectivity index (χ0n) is 35.7. The van der Waals surface area contributed by atoms with Gasteiger partial charge in [0.1, 0.15) is 6.07 Å². The molecule has 65 heavy (non-hydrogen) atoms. The Morgan fingerprint density at radius 1 is 0.231 bits per heavy atom. The number of hydrogen-bond acceptors (Lipinski definition) is 4. The van der Waals surface area contributed by atoms with Crippen molar-refractivity contribution >= 4 is 51.2 Å². The van der Waals surface area contributed by atoms with E-state index in [-0.39, 0.29) is 0 Å². The minimum absolute atomic E-state index is 0.621. The first-order valence-corrected chi connectivity index (χ1v) is 21.8. The van der Waals surface area contributed by atoms with Gasteiger partial charge in [-0.25, -0.2) is 0 Å². The van der Waals surface area contributed by atoms with Crippen LogP contribution >= 0.6 is 0 Å². The Morgan fingerprint density at radius 2 is 0.446 bits per heavy atom. The quantitative estimate of drug-likeness (QED) is 0.123. The van der Waals surface area contributed by atoms with E-state index in [1.54, 1.807) is 0 Å². The summed E-state index contributed by atoms with van der Waals surface area (Å²) in [5.74, 6) is 0. The third-order valence-corrected chi connectivity index (χ3v) is 11.7. The molecule has 0 fully saturated rings. The molecule has 10 rings (SSSR count). The van der Waals surface area contributed by atoms with Crippen molar-refractivity contribution in [1.29, 1.82) is 5.26 Å². The molecule has 0 spiro atoms. The van der Waals surface area contributed by atoms with Gasteiger partial charge < -0.3 is 14.7 Å². The summed E-state index contributed by atoms with van der Waals surface area (Å²) >= 11 is 0. The van der Waals surface area contributed by atoms with E-state index in [0.29, 0.717) is 5.56 Å². The fourth-order valence-electron chi connectivity index (χ4n) is 8.57. The highest BCUT2D eigenvalue weighted by Gasteiger charge is 2.19. The van der Waals surface area contributed by atoms with Gasteiger partial charge in [0.25, 0.3) is 0 Å². The SMILES string of the molecule is N#Cc1c(-c2ccc(N(c3ccccc3)c3ccccc3)cc2)cc(-c2ccc(N(c3ccccc3)c3ccccc3)cc2)cc1-c1ccc(N(c2ccccc2)c2ccccc2)cc1. The van der Waals surface area contributed by atoms with Crippen LogP contribution < -0.4 is 14.7 Å². The first-order valence-electron chi connectivity index (χ1n) is 21.8. The summed E-state index contributed by atoms with van der Waals surface area (Å²) in [6, 6.07) is 95.4. The van der Waals surface area contributed by atoms with E-state index in [1.165, 1.54) is 0 Å². The van der Waals surface area contributed by atoms with Crippen molar-refractivity contribution in [3.05, 3.63) is 272 Å². The molecule has 0 heterocycles. The van der Waals surface area contributed by atoms with E-state index in [4.69, 9.17) is 0 Å². The number of rotatable bonds is 12. The molecule has 0 aromatic heterocycles. The molecule has 308 valence electrons. The van der Waals surface area contributed by atoms with Crippen molar-refractivity contribution in [2.75, 3.05) is 14.7 Å². The molecule has 0 saturated carbocycles. The van der Waals surface area contributed by atoms with Gasteiger partial charge >= 0.3 is 0 Å². The highest BCUT2D eigenvalue weighted by atomic mass is 15.2. The van der Waals surface area contributed by atoms with Gasteiger partial charge in [-0.1, -0.05) is 146 Å². The molecule has 0 amide bonds. The fourth-order valence-corrected chi connectivity index (χ4v) is 8.57. The van der Waals surface area contributed by atoms with E-state index in [1.807, 2.05) is 36.4 Å². The summed E-state index contributed by atoms with van der Waals surface area (Å²) in [6.07, 6.45) is 0. The number of hydrogen-bond donors (Lipinski definition) is 0. The maximum atomic E-state index is 11.1. The van der Waals surface area contributed by atoms with E-state index in [9.17, 15) is 5.26 Å². The average molecular weight is 833 g/mol. The van der Waals surface area contributed by atoms with Gasteiger partial charge in [-0.05, 0) is 144 Å². The van der Waals surface area contributed by atoms with Gasteiger partial charge in [-0.2, -0.15) is 5.26 Å². The van der Waals surface area contributed by atoms with Crippen molar-refractivity contribution in [3.8, 4) is 39.4 Å². The van der Waals surface area contributed by atoms with E-state index in [0.717, 1.165) is 84.6 Å². The van der Waals surface area contributed by atoms with E-state index < -0.39 is 0 Å². The van der Waals surface area contributed by atoms with Gasteiger partial charge in [0, 0.05) is 62.3 Å². The molecule has 0 unspecified atom stereocenters. The predicted octanol–water partition coefficient (Wildman–Crippen LogP) is 17.0. The topological polar surface area (TPSA) is 33.5 Å². The van der Waals surface area contributed by atoms with Crippen LogP contribution in [-0.2, 0) is 0 Å². The highest BCUT2D eigenvalue weighted by molar-refractivity contribution is 5.90. The molecule has 4 nitrogen and oxygen atoms in total. The van der Waals surface area contributed by atoms with Crippen LogP contribution in [0.15, 0.2) is 267 Å². The summed E-state index contributed by atoms with van der Waals surface area (Å²) in [4.78, 5) is 6.77. The van der Waals surface area contributed by atoms with Crippen molar-refractivity contribution < 1.29 is 0 Å². The van der Waals surface area contributed by atoms with Crippen LogP contribution in [0.1, 0.15) is 5.56 Å². The molecule has 0 saturated heterocycles. The third kappa shape index (κ3) is 8.51. The zero-order valence-corrected chi connectivity index (χ0v) is 35.7. The number of benzene rings is 10. The van der Waals surface area contributed by atoms with Gasteiger partial charge in [-0.3, -0.25) is 0 Å². The minimum Gasteiger partial charge on any atom is -0.311 e. The van der Waals surface area contributed by atoms with Gasteiger partial charge in [0.15, 0.2) is 0 Å². The summed E-state index contributed by atoms with van der Waals surface area (Å²) in [5, 5.41) is 11.1. The number of nitriles is 1. The summed E-state index contributed by atoms with van der Waals surface area (Å²) in [7, 11) is 0. The highest BCUT2D eigenvalue weighted by Crippen LogP contribution is 2.42. The molecule has 10 aromatic carbocycles. The molecule has 4 heteroatoms. The lowest BCUT2D eigenvalue weighted by Crippen LogP contribution is -2.09. The molecule has 0 radical (unpaired) electrons. The normalized spacial score (nSPS) is 10.8. The van der Waals surface area contributed by atoms with Gasteiger partial charge in [-0.15, -0.1) is 0 Å². The first-order chi connectivity index (χ1) is 32.2. The van der Waals surface area contributed by atoms with Gasteiger partial charge in [0.2, 0.25) is 0 Å². The largest absolute Gasteiger partial charge is 0.311 e. The van der Waals surface area contributed by atoms with Crippen LogP contribution in [0.5, 0.6) is 0 Å². The average Bonchev–Trinajstić information content (AvgIpc) is 3.39. The van der Waals surface area contributed by atoms with E-state index in [2.05, 4.69) is 251 Å². The number of para-hydroxylation sites is 6. The Kier molecular flexibility index (Phi) is 11.5. The number of nitrogens with zero attached hydrogens (tertiary/aromatic N) is 4. The maximum Gasteiger partial charge on any atom is 0.100 e. The van der Waals surface area contributed by atoms with E-state index >= 15 is 0 Å². The summed E-state index contributed by atoms with van der Waals surface area (Å²) < 4.78 is 0. The zero-order chi connectivity index (χ0) is 43.8. The third-order valence-electron chi connectivity index (χ3n) is 11.7. The van der Waals surface area contributed by atoms with Crippen molar-refractivity contribution in [2.45, 2.75) is 0 Å². The molecule has 0 aliphatic heterocycles. The minimum atomic E-state index is 0.621. The van der Waals surface area contributed by atoms with Crippen LogP contribution in [0, 0.1) is 11.3 Å². The van der Waals surface area contributed by atoms with Crippen LogP contribution in [0.4, 0.5) is 51.2 Å².